The second-order valence-corrected chi connectivity index (χ2v) is 9.80. The highest BCUT2D eigenvalue weighted by molar-refractivity contribution is 6.46. The topological polar surface area (TPSA) is 88.5 Å². The van der Waals surface area contributed by atoms with Gasteiger partial charge in [-0.3, -0.25) is 14.5 Å². The summed E-state index contributed by atoms with van der Waals surface area (Å²) in [6.45, 7) is 12.4. The quantitative estimate of drug-likeness (QED) is 0.141. The molecule has 2 aromatic carbocycles. The lowest BCUT2D eigenvalue weighted by molar-refractivity contribution is -0.140. The van der Waals surface area contributed by atoms with Gasteiger partial charge in [-0.1, -0.05) is 38.1 Å². The molecule has 208 valence electrons. The summed E-state index contributed by atoms with van der Waals surface area (Å²) in [6, 6.07) is 11.9. The van der Waals surface area contributed by atoms with Gasteiger partial charge in [-0.05, 0) is 54.8 Å². The maximum Gasteiger partial charge on any atom is 0.295 e. The Labute approximate surface area is 230 Å². The van der Waals surface area contributed by atoms with Crippen molar-refractivity contribution in [3.63, 3.8) is 0 Å². The zero-order valence-corrected chi connectivity index (χ0v) is 22.9. The Balaban J connectivity index is 1.68. The summed E-state index contributed by atoms with van der Waals surface area (Å²) >= 11 is 0. The van der Waals surface area contributed by atoms with Crippen LogP contribution >= 0.6 is 0 Å². The Morgan fingerprint density at radius 2 is 1.85 bits per heavy atom. The summed E-state index contributed by atoms with van der Waals surface area (Å²) in [5, 5.41) is 11.4. The number of Topliss-reactive ketones (excluding diaryl/α,β-unsaturated/α-hetero) is 1. The number of likely N-dealkylation sites (tertiary alicyclic amines) is 1. The Morgan fingerprint density at radius 3 is 2.51 bits per heavy atom. The monoisotopic (exact) mass is 534 g/mol. The molecular formula is C31H38N2O6. The van der Waals surface area contributed by atoms with Crippen molar-refractivity contribution in [2.75, 3.05) is 52.6 Å². The summed E-state index contributed by atoms with van der Waals surface area (Å²) in [4.78, 5) is 30.5. The molecule has 1 atom stereocenters. The third-order valence-corrected chi connectivity index (χ3v) is 7.07. The van der Waals surface area contributed by atoms with Crippen molar-refractivity contribution in [1.29, 1.82) is 0 Å². The third-order valence-electron chi connectivity index (χ3n) is 7.07. The number of rotatable bonds is 12. The summed E-state index contributed by atoms with van der Waals surface area (Å²) < 4.78 is 16.9. The predicted molar refractivity (Wildman–Crippen MR) is 150 cm³/mol. The molecule has 2 aromatic rings. The van der Waals surface area contributed by atoms with Crippen molar-refractivity contribution in [2.45, 2.75) is 32.7 Å². The van der Waals surface area contributed by atoms with Crippen molar-refractivity contribution in [3.8, 4) is 11.5 Å². The van der Waals surface area contributed by atoms with Crippen LogP contribution in [0.15, 0.2) is 60.7 Å². The molecule has 1 unspecified atom stereocenters. The van der Waals surface area contributed by atoms with E-state index in [0.717, 1.165) is 42.8 Å². The summed E-state index contributed by atoms with van der Waals surface area (Å²) in [6.07, 6.45) is 3.66. The molecule has 0 bridgehead atoms. The van der Waals surface area contributed by atoms with E-state index in [9.17, 15) is 14.7 Å². The van der Waals surface area contributed by atoms with E-state index in [1.807, 2.05) is 31.2 Å². The highest BCUT2D eigenvalue weighted by Crippen LogP contribution is 2.40. The molecule has 0 spiro atoms. The lowest BCUT2D eigenvalue weighted by Crippen LogP contribution is -2.42. The fourth-order valence-corrected chi connectivity index (χ4v) is 4.87. The number of nitrogens with zero attached hydrogens (tertiary/aromatic N) is 2. The summed E-state index contributed by atoms with van der Waals surface area (Å²) in [7, 11) is 0. The minimum Gasteiger partial charge on any atom is -0.507 e. The van der Waals surface area contributed by atoms with Gasteiger partial charge in [0.25, 0.3) is 11.7 Å². The number of morpholine rings is 1. The van der Waals surface area contributed by atoms with Crippen LogP contribution in [-0.2, 0) is 14.3 Å². The molecule has 2 aliphatic rings. The fourth-order valence-electron chi connectivity index (χ4n) is 4.87. The predicted octanol–water partition coefficient (Wildman–Crippen LogP) is 4.49. The number of amides is 1. The Bertz CT molecular complexity index is 1200. The Hall–Kier alpha value is -3.62. The summed E-state index contributed by atoms with van der Waals surface area (Å²) in [5.74, 6) is -0.113. The first kappa shape index (κ1) is 28.4. The maximum atomic E-state index is 13.4. The average Bonchev–Trinajstić information content (AvgIpc) is 3.21. The van der Waals surface area contributed by atoms with Crippen LogP contribution in [-0.4, -0.2) is 79.2 Å². The normalized spacial score (nSPS) is 19.3. The van der Waals surface area contributed by atoms with E-state index in [-0.39, 0.29) is 11.3 Å². The van der Waals surface area contributed by atoms with Crippen molar-refractivity contribution in [1.82, 2.24) is 9.80 Å². The van der Waals surface area contributed by atoms with Gasteiger partial charge in [0.2, 0.25) is 0 Å². The first-order chi connectivity index (χ1) is 18.9. The van der Waals surface area contributed by atoms with E-state index in [1.54, 1.807) is 29.2 Å². The van der Waals surface area contributed by atoms with Crippen molar-refractivity contribution < 1.29 is 28.9 Å². The minimum absolute atomic E-state index is 0.0841. The molecule has 0 aromatic heterocycles. The lowest BCUT2D eigenvalue weighted by atomic mass is 9.94. The van der Waals surface area contributed by atoms with Crippen LogP contribution in [0.25, 0.3) is 5.76 Å². The van der Waals surface area contributed by atoms with Gasteiger partial charge in [0.15, 0.2) is 0 Å². The second-order valence-electron chi connectivity index (χ2n) is 9.80. The SMILES string of the molecule is C=CCOc1ccc(/C(O)=C2\C(=O)C(=O)N(CCN3CCOCC3)C2c2ccc(OCCCC)cc2)cc1C. The number of aliphatic hydroxyl groups is 1. The van der Waals surface area contributed by atoms with E-state index < -0.39 is 17.7 Å². The molecule has 8 nitrogen and oxygen atoms in total. The number of hydrogen-bond donors (Lipinski definition) is 1. The number of aryl methyl sites for hydroxylation is 1. The maximum absolute atomic E-state index is 13.4. The molecule has 4 rings (SSSR count). The zero-order chi connectivity index (χ0) is 27.8. The number of carbonyl (C=O) groups excluding carboxylic acids is 2. The lowest BCUT2D eigenvalue weighted by Gasteiger charge is -2.31. The smallest absolute Gasteiger partial charge is 0.295 e. The number of carbonyl (C=O) groups is 2. The zero-order valence-electron chi connectivity index (χ0n) is 22.9. The van der Waals surface area contributed by atoms with Gasteiger partial charge in [-0.25, -0.2) is 0 Å². The van der Waals surface area contributed by atoms with Crippen molar-refractivity contribution in [3.05, 3.63) is 77.4 Å². The first-order valence-electron chi connectivity index (χ1n) is 13.6. The largest absolute Gasteiger partial charge is 0.507 e. The minimum atomic E-state index is -0.715. The highest BCUT2D eigenvalue weighted by Gasteiger charge is 2.46. The molecule has 8 heteroatoms. The standard InChI is InChI=1S/C31H38N2O6/c1-4-6-18-38-25-10-7-23(8-11-25)28-27(29(34)24-9-12-26(22(3)21-24)39-17-5-2)30(35)31(36)33(28)14-13-32-15-19-37-20-16-32/h5,7-12,21,28,34H,2,4,6,13-20H2,1,3H3/b29-27+. The molecule has 0 aliphatic carbocycles. The molecule has 2 saturated heterocycles. The Kier molecular flexibility index (Phi) is 9.79. The molecule has 2 fully saturated rings. The third kappa shape index (κ3) is 6.69. The van der Waals surface area contributed by atoms with Crippen LogP contribution in [0.4, 0.5) is 0 Å². The number of hydrogen-bond acceptors (Lipinski definition) is 7. The molecule has 2 heterocycles. The molecule has 39 heavy (non-hydrogen) atoms. The molecule has 0 radical (unpaired) electrons. The van der Waals surface area contributed by atoms with Crippen LogP contribution < -0.4 is 9.47 Å². The second kappa shape index (κ2) is 13.4. The first-order valence-corrected chi connectivity index (χ1v) is 13.6. The van der Waals surface area contributed by atoms with Crippen molar-refractivity contribution in [2.24, 2.45) is 0 Å². The highest BCUT2D eigenvalue weighted by atomic mass is 16.5. The van der Waals surface area contributed by atoms with Crippen LogP contribution in [0.1, 0.15) is 42.5 Å². The number of aliphatic hydroxyl groups excluding tert-OH is 1. The van der Waals surface area contributed by atoms with Crippen LogP contribution in [0.3, 0.4) is 0 Å². The number of ketones is 1. The molecule has 2 aliphatic heterocycles. The average molecular weight is 535 g/mol. The Morgan fingerprint density at radius 1 is 1.10 bits per heavy atom. The van der Waals surface area contributed by atoms with E-state index in [2.05, 4.69) is 18.4 Å². The number of unbranched alkanes of at least 4 members (excludes halogenated alkanes) is 1. The van der Waals surface area contributed by atoms with Gasteiger partial charge in [-0.2, -0.15) is 0 Å². The van der Waals surface area contributed by atoms with Gasteiger partial charge in [0, 0.05) is 31.7 Å². The van der Waals surface area contributed by atoms with Crippen LogP contribution in [0.2, 0.25) is 0 Å². The number of ether oxygens (including phenoxy) is 3. The van der Waals surface area contributed by atoms with E-state index >= 15 is 0 Å². The molecular weight excluding hydrogens is 496 g/mol. The number of benzene rings is 2. The van der Waals surface area contributed by atoms with E-state index in [4.69, 9.17) is 14.2 Å². The van der Waals surface area contributed by atoms with Crippen LogP contribution in [0, 0.1) is 6.92 Å². The van der Waals surface area contributed by atoms with E-state index in [0.29, 0.717) is 50.8 Å². The summed E-state index contributed by atoms with van der Waals surface area (Å²) in [5.41, 5.74) is 2.07. The fraction of sp³-hybridized carbons (Fsp3) is 0.419. The van der Waals surface area contributed by atoms with Gasteiger partial charge in [-0.15, -0.1) is 0 Å². The van der Waals surface area contributed by atoms with Gasteiger partial charge in [0.05, 0.1) is 31.4 Å². The van der Waals surface area contributed by atoms with Crippen molar-refractivity contribution >= 4 is 17.4 Å². The molecule has 1 amide bonds. The molecule has 0 saturated carbocycles. The van der Waals surface area contributed by atoms with Gasteiger partial charge >= 0.3 is 0 Å². The van der Waals surface area contributed by atoms with E-state index in [1.165, 1.54) is 0 Å². The van der Waals surface area contributed by atoms with Gasteiger partial charge in [0.1, 0.15) is 23.9 Å². The molecule has 1 N–H and O–H groups in total. The van der Waals surface area contributed by atoms with Crippen LogP contribution in [0.5, 0.6) is 11.5 Å². The van der Waals surface area contributed by atoms with Gasteiger partial charge < -0.3 is 24.2 Å².